The van der Waals surface area contributed by atoms with Gasteiger partial charge in [0.15, 0.2) is 0 Å². The molecule has 2 aromatic carbocycles. The highest BCUT2D eigenvalue weighted by Crippen LogP contribution is 2.28. The fourth-order valence-electron chi connectivity index (χ4n) is 4.48. The molecular weight excluding hydrogens is 516 g/mol. The fourth-order valence-corrected chi connectivity index (χ4v) is 5.38. The maximum atomic E-state index is 13.0. The van der Waals surface area contributed by atoms with Gasteiger partial charge in [0, 0.05) is 24.6 Å². The number of carbonyl (C=O) groups excluding carboxylic acids is 2. The van der Waals surface area contributed by atoms with Crippen LogP contribution in [0.4, 0.5) is 4.79 Å². The number of carbonyl (C=O) groups is 2. The Hall–Kier alpha value is -3.35. The van der Waals surface area contributed by atoms with Crippen molar-refractivity contribution in [2.45, 2.75) is 71.1 Å². The topological polar surface area (TPSA) is 102 Å². The Bertz CT molecular complexity index is 1340. The number of hydrogen-bond acceptors (Lipinski definition) is 6. The van der Waals surface area contributed by atoms with Gasteiger partial charge in [0.1, 0.15) is 5.60 Å². The van der Waals surface area contributed by atoms with Crippen LogP contribution in [0.5, 0.6) is 0 Å². The highest BCUT2D eigenvalue weighted by atomic mass is 32.2. The summed E-state index contributed by atoms with van der Waals surface area (Å²) in [6.07, 6.45) is 1.15. The first kappa shape index (κ1) is 30.2. The van der Waals surface area contributed by atoms with Gasteiger partial charge >= 0.3 is 12.1 Å². The second-order valence-electron chi connectivity index (χ2n) is 10.5. The minimum atomic E-state index is -3.46. The summed E-state index contributed by atoms with van der Waals surface area (Å²) in [4.78, 5) is 26.1. The van der Waals surface area contributed by atoms with E-state index < -0.39 is 33.8 Å². The van der Waals surface area contributed by atoms with Crippen molar-refractivity contribution in [3.05, 3.63) is 59.7 Å². The Kier molecular flexibility index (Phi) is 10.2. The lowest BCUT2D eigenvalue weighted by atomic mass is 9.95. The highest BCUT2D eigenvalue weighted by molar-refractivity contribution is 7.89. The number of hydrogen-bond donors (Lipinski definition) is 1. The average Bonchev–Trinajstić information content (AvgIpc) is 3.27. The number of rotatable bonds is 8. The third-order valence-electron chi connectivity index (χ3n) is 6.40. The molecule has 2 unspecified atom stereocenters. The number of likely N-dealkylation sites (tertiary alicyclic amines) is 1. The van der Waals surface area contributed by atoms with Gasteiger partial charge in [0.2, 0.25) is 10.0 Å². The molecule has 1 heterocycles. The largest absolute Gasteiger partial charge is 0.469 e. The van der Waals surface area contributed by atoms with Crippen molar-refractivity contribution in [2.75, 3.05) is 19.4 Å². The second-order valence-corrected chi connectivity index (χ2v) is 12.5. The van der Waals surface area contributed by atoms with E-state index in [1.165, 1.54) is 7.11 Å². The lowest BCUT2D eigenvalue weighted by molar-refractivity contribution is -0.140. The van der Waals surface area contributed by atoms with E-state index in [9.17, 15) is 18.0 Å². The van der Waals surface area contributed by atoms with Gasteiger partial charge in [-0.2, -0.15) is 0 Å². The van der Waals surface area contributed by atoms with Crippen LogP contribution in [0.25, 0.3) is 11.1 Å². The molecule has 0 saturated carbocycles. The third-order valence-corrected chi connectivity index (χ3v) is 7.82. The Balaban J connectivity index is 1.88. The highest BCUT2D eigenvalue weighted by Gasteiger charge is 2.40. The maximum absolute atomic E-state index is 13.0. The van der Waals surface area contributed by atoms with Gasteiger partial charge in [0.25, 0.3) is 0 Å². The number of nitrogens with one attached hydrogen (secondary N) is 1. The monoisotopic (exact) mass is 554 g/mol. The number of benzene rings is 2. The van der Waals surface area contributed by atoms with E-state index >= 15 is 0 Å². The predicted octanol–water partition coefficient (Wildman–Crippen LogP) is 4.52. The number of esters is 1. The molecule has 0 spiro atoms. The molecule has 1 aliphatic rings. The summed E-state index contributed by atoms with van der Waals surface area (Å²) in [6, 6.07) is 14.9. The van der Waals surface area contributed by atoms with E-state index in [2.05, 4.69) is 21.3 Å². The zero-order valence-corrected chi connectivity index (χ0v) is 24.1. The van der Waals surface area contributed by atoms with Gasteiger partial charge < -0.3 is 14.4 Å². The second kappa shape index (κ2) is 13.1. The molecule has 39 heavy (non-hydrogen) atoms. The quantitative estimate of drug-likeness (QED) is 0.380. The van der Waals surface area contributed by atoms with Crippen LogP contribution < -0.4 is 4.72 Å². The summed E-state index contributed by atoms with van der Waals surface area (Å²) >= 11 is 0. The summed E-state index contributed by atoms with van der Waals surface area (Å²) in [5.41, 5.74) is 3.04. The van der Waals surface area contributed by atoms with Crippen molar-refractivity contribution >= 4 is 22.1 Å². The van der Waals surface area contributed by atoms with Gasteiger partial charge in [-0.05, 0) is 63.3 Å². The smallest absolute Gasteiger partial charge is 0.410 e. The Morgan fingerprint density at radius 1 is 1.13 bits per heavy atom. The average molecular weight is 555 g/mol. The van der Waals surface area contributed by atoms with E-state index in [0.717, 1.165) is 22.3 Å². The Morgan fingerprint density at radius 3 is 2.56 bits per heavy atom. The molecular formula is C30H38N2O6S. The zero-order chi connectivity index (χ0) is 28.6. The molecule has 0 aromatic heterocycles. The number of nitrogens with zero attached hydrogens (tertiary/aromatic N) is 1. The van der Waals surface area contributed by atoms with Crippen LogP contribution in [-0.2, 0) is 30.7 Å². The molecule has 2 atom stereocenters. The van der Waals surface area contributed by atoms with Gasteiger partial charge in [-0.3, -0.25) is 4.79 Å². The predicted molar refractivity (Wildman–Crippen MR) is 151 cm³/mol. The zero-order valence-electron chi connectivity index (χ0n) is 23.3. The van der Waals surface area contributed by atoms with Crippen LogP contribution in [0.3, 0.4) is 0 Å². The van der Waals surface area contributed by atoms with E-state index in [-0.39, 0.29) is 18.1 Å². The number of sulfonamides is 1. The van der Waals surface area contributed by atoms with E-state index in [0.29, 0.717) is 25.8 Å². The molecule has 1 saturated heterocycles. The van der Waals surface area contributed by atoms with Crippen molar-refractivity contribution in [2.24, 2.45) is 0 Å². The lowest BCUT2D eigenvalue weighted by Crippen LogP contribution is -2.49. The van der Waals surface area contributed by atoms with Crippen LogP contribution in [0, 0.1) is 11.8 Å². The molecule has 1 fully saturated rings. The molecule has 210 valence electrons. The van der Waals surface area contributed by atoms with Gasteiger partial charge in [0.05, 0.1) is 25.3 Å². The van der Waals surface area contributed by atoms with Crippen molar-refractivity contribution in [1.82, 2.24) is 9.62 Å². The summed E-state index contributed by atoms with van der Waals surface area (Å²) in [7, 11) is -2.10. The molecule has 3 rings (SSSR count). The summed E-state index contributed by atoms with van der Waals surface area (Å²) in [6.45, 7) is 7.43. The number of amides is 1. The fraction of sp³-hybridized carbons (Fsp3) is 0.467. The van der Waals surface area contributed by atoms with Crippen molar-refractivity contribution in [3.63, 3.8) is 0 Å². The Labute approximate surface area is 232 Å². The Morgan fingerprint density at radius 2 is 1.87 bits per heavy atom. The molecule has 0 aliphatic carbocycles. The maximum Gasteiger partial charge on any atom is 0.410 e. The molecule has 1 aliphatic heterocycles. The summed E-state index contributed by atoms with van der Waals surface area (Å²) < 4.78 is 37.9. The molecule has 0 bridgehead atoms. The number of ether oxygens (including phenoxy) is 2. The van der Waals surface area contributed by atoms with Crippen molar-refractivity contribution in [1.29, 1.82) is 0 Å². The van der Waals surface area contributed by atoms with Gasteiger partial charge in [-0.1, -0.05) is 54.3 Å². The third kappa shape index (κ3) is 8.84. The van der Waals surface area contributed by atoms with E-state index in [4.69, 9.17) is 4.74 Å². The van der Waals surface area contributed by atoms with Crippen molar-refractivity contribution < 1.29 is 27.5 Å². The van der Waals surface area contributed by atoms with Crippen LogP contribution in [0.1, 0.15) is 58.1 Å². The summed E-state index contributed by atoms with van der Waals surface area (Å²) in [5.74, 6) is 5.88. The molecule has 1 N–H and O–H groups in total. The molecule has 0 radical (unpaired) electrons. The minimum absolute atomic E-state index is 0.0322. The van der Waals surface area contributed by atoms with E-state index in [1.54, 1.807) is 11.8 Å². The molecule has 2 aromatic rings. The normalized spacial score (nSPS) is 17.3. The molecule has 8 nitrogen and oxygen atoms in total. The minimum Gasteiger partial charge on any atom is -0.469 e. The van der Waals surface area contributed by atoms with Crippen LogP contribution >= 0.6 is 0 Å². The van der Waals surface area contributed by atoms with Crippen molar-refractivity contribution in [3.8, 4) is 23.0 Å². The molecule has 9 heteroatoms. The van der Waals surface area contributed by atoms with Gasteiger partial charge in [-0.25, -0.2) is 17.9 Å². The van der Waals surface area contributed by atoms with E-state index in [1.807, 2.05) is 69.3 Å². The van der Waals surface area contributed by atoms with Crippen LogP contribution in [-0.4, -0.2) is 62.5 Å². The first-order chi connectivity index (χ1) is 18.4. The van der Waals surface area contributed by atoms with Crippen LogP contribution in [0.2, 0.25) is 0 Å². The first-order valence-electron chi connectivity index (χ1n) is 13.2. The standard InChI is InChI=1S/C30H38N2O6S/c1-6-39(35,36)31-26-18-19-32(29(34)38-30(2,3)4)27(26)21-22-12-11-15-24(20-22)25-16-9-7-13-23(25)14-8-10-17-28(33)37-5/h7,9,11-13,15-16,20,26-27,31H,6,10,17-19,21H2,1-5H3. The summed E-state index contributed by atoms with van der Waals surface area (Å²) in [5, 5.41) is 0. The van der Waals surface area contributed by atoms with Crippen LogP contribution in [0.15, 0.2) is 48.5 Å². The van der Waals surface area contributed by atoms with Gasteiger partial charge in [-0.15, -0.1) is 0 Å². The first-order valence-corrected chi connectivity index (χ1v) is 14.8. The number of methoxy groups -OCH3 is 1. The SMILES string of the molecule is CCS(=O)(=O)NC1CCN(C(=O)OC(C)(C)C)C1Cc1cccc(-c2ccccc2C#CCCC(=O)OC)c1. The lowest BCUT2D eigenvalue weighted by Gasteiger charge is -2.31. The molecule has 1 amide bonds.